The van der Waals surface area contributed by atoms with E-state index in [4.69, 9.17) is 4.74 Å². The van der Waals surface area contributed by atoms with Crippen LogP contribution in [0.1, 0.15) is 24.1 Å². The summed E-state index contributed by atoms with van der Waals surface area (Å²) < 4.78 is 19.2. The molecule has 1 unspecified atom stereocenters. The van der Waals surface area contributed by atoms with Crippen LogP contribution in [0.15, 0.2) is 48.5 Å². The summed E-state index contributed by atoms with van der Waals surface area (Å²) in [6.45, 7) is 2.78. The maximum absolute atomic E-state index is 14.2. The van der Waals surface area contributed by atoms with Crippen LogP contribution in [0.5, 0.6) is 5.75 Å². The number of methoxy groups -OCH3 is 1. The maximum Gasteiger partial charge on any atom is 0.132 e. The first kappa shape index (κ1) is 13.6. The molecule has 0 heterocycles. The van der Waals surface area contributed by atoms with E-state index in [0.29, 0.717) is 11.3 Å². The molecule has 0 bridgehead atoms. The van der Waals surface area contributed by atoms with Gasteiger partial charge in [0.15, 0.2) is 0 Å². The molecular weight excluding hydrogens is 241 g/mol. The van der Waals surface area contributed by atoms with E-state index < -0.39 is 0 Å². The molecule has 0 aliphatic rings. The van der Waals surface area contributed by atoms with Gasteiger partial charge in [-0.15, -0.1) is 0 Å². The zero-order valence-electron chi connectivity index (χ0n) is 11.2. The molecule has 0 aliphatic carbocycles. The Morgan fingerprint density at radius 1 is 1.16 bits per heavy atom. The van der Waals surface area contributed by atoms with Gasteiger partial charge in [0.25, 0.3) is 0 Å². The maximum atomic E-state index is 14.2. The molecule has 0 fully saturated rings. The van der Waals surface area contributed by atoms with Gasteiger partial charge in [0.2, 0.25) is 0 Å². The third-order valence-corrected chi connectivity index (χ3v) is 3.06. The minimum absolute atomic E-state index is 0.142. The number of ether oxygens (including phenoxy) is 1. The predicted octanol–water partition coefficient (Wildman–Crippen LogP) is 3.53. The molecule has 0 saturated carbocycles. The monoisotopic (exact) mass is 259 g/mol. The lowest BCUT2D eigenvalue weighted by atomic mass is 9.98. The summed E-state index contributed by atoms with van der Waals surface area (Å²) in [6, 6.07) is 14.7. The van der Waals surface area contributed by atoms with Crippen LogP contribution in [0.3, 0.4) is 0 Å². The fourth-order valence-corrected chi connectivity index (χ4v) is 2.13. The second kappa shape index (κ2) is 6.34. The fourth-order valence-electron chi connectivity index (χ4n) is 2.13. The average Bonchev–Trinajstić information content (AvgIpc) is 2.46. The third kappa shape index (κ3) is 3.12. The van der Waals surface area contributed by atoms with E-state index >= 15 is 0 Å². The zero-order valence-corrected chi connectivity index (χ0v) is 11.2. The van der Waals surface area contributed by atoms with E-state index in [2.05, 4.69) is 5.32 Å². The van der Waals surface area contributed by atoms with Crippen molar-refractivity contribution < 1.29 is 9.13 Å². The average molecular weight is 259 g/mol. The Labute approximate surface area is 113 Å². The largest absolute Gasteiger partial charge is 0.497 e. The van der Waals surface area contributed by atoms with Crippen LogP contribution in [0.25, 0.3) is 0 Å². The topological polar surface area (TPSA) is 21.3 Å². The van der Waals surface area contributed by atoms with Gasteiger partial charge in [-0.1, -0.05) is 43.3 Å². The van der Waals surface area contributed by atoms with E-state index in [9.17, 15) is 4.39 Å². The molecule has 2 aromatic rings. The van der Waals surface area contributed by atoms with Gasteiger partial charge < -0.3 is 10.1 Å². The Hall–Kier alpha value is -1.87. The molecule has 2 aromatic carbocycles. The summed E-state index contributed by atoms with van der Waals surface area (Å²) in [5, 5.41) is 3.31. The first-order chi connectivity index (χ1) is 9.26. The van der Waals surface area contributed by atoms with Crippen molar-refractivity contribution in [3.63, 3.8) is 0 Å². The van der Waals surface area contributed by atoms with E-state index in [1.807, 2.05) is 37.3 Å². The second-order valence-corrected chi connectivity index (χ2v) is 4.29. The highest BCUT2D eigenvalue weighted by Crippen LogP contribution is 2.26. The Kier molecular flexibility index (Phi) is 4.53. The number of rotatable bonds is 5. The van der Waals surface area contributed by atoms with Crippen molar-refractivity contribution in [2.45, 2.75) is 13.0 Å². The number of halogens is 1. The highest BCUT2D eigenvalue weighted by Gasteiger charge is 2.17. The Balaban J connectivity index is 2.39. The van der Waals surface area contributed by atoms with Gasteiger partial charge in [-0.2, -0.15) is 0 Å². The van der Waals surface area contributed by atoms with E-state index in [1.54, 1.807) is 12.1 Å². The highest BCUT2D eigenvalue weighted by molar-refractivity contribution is 5.36. The lowest BCUT2D eigenvalue weighted by Gasteiger charge is -2.20. The Morgan fingerprint density at radius 2 is 1.89 bits per heavy atom. The Bertz CT molecular complexity index is 528. The Morgan fingerprint density at radius 3 is 2.47 bits per heavy atom. The lowest BCUT2D eigenvalue weighted by molar-refractivity contribution is 0.410. The zero-order chi connectivity index (χ0) is 13.7. The summed E-state index contributed by atoms with van der Waals surface area (Å²) >= 11 is 0. The van der Waals surface area contributed by atoms with Crippen LogP contribution in [-0.2, 0) is 0 Å². The molecule has 19 heavy (non-hydrogen) atoms. The van der Waals surface area contributed by atoms with E-state index in [0.717, 1.165) is 12.1 Å². The summed E-state index contributed by atoms with van der Waals surface area (Å²) in [4.78, 5) is 0. The number of nitrogens with one attached hydrogen (secondary N) is 1. The van der Waals surface area contributed by atoms with Gasteiger partial charge in [0.1, 0.15) is 11.6 Å². The van der Waals surface area contributed by atoms with Crippen LogP contribution in [-0.4, -0.2) is 13.7 Å². The molecule has 2 rings (SSSR count). The van der Waals surface area contributed by atoms with Gasteiger partial charge in [-0.05, 0) is 18.2 Å². The van der Waals surface area contributed by atoms with Crippen molar-refractivity contribution in [2.24, 2.45) is 0 Å². The summed E-state index contributed by atoms with van der Waals surface area (Å²) in [5.74, 6) is 0.277. The van der Waals surface area contributed by atoms with E-state index in [-0.39, 0.29) is 11.9 Å². The molecule has 0 radical (unpaired) electrons. The van der Waals surface area contributed by atoms with Crippen molar-refractivity contribution in [1.29, 1.82) is 0 Å². The molecule has 1 atom stereocenters. The van der Waals surface area contributed by atoms with Crippen LogP contribution >= 0.6 is 0 Å². The molecule has 0 amide bonds. The van der Waals surface area contributed by atoms with E-state index in [1.165, 1.54) is 13.2 Å². The molecule has 0 saturated heterocycles. The first-order valence-electron chi connectivity index (χ1n) is 6.38. The quantitative estimate of drug-likeness (QED) is 0.887. The van der Waals surface area contributed by atoms with Crippen molar-refractivity contribution >= 4 is 0 Å². The molecular formula is C16H18FNO. The number of benzene rings is 2. The van der Waals surface area contributed by atoms with Gasteiger partial charge >= 0.3 is 0 Å². The normalized spacial score (nSPS) is 12.2. The molecule has 1 N–H and O–H groups in total. The van der Waals surface area contributed by atoms with Crippen molar-refractivity contribution in [1.82, 2.24) is 5.32 Å². The minimum Gasteiger partial charge on any atom is -0.497 e. The van der Waals surface area contributed by atoms with Crippen LogP contribution in [0.2, 0.25) is 0 Å². The molecule has 0 aromatic heterocycles. The third-order valence-electron chi connectivity index (χ3n) is 3.06. The lowest BCUT2D eigenvalue weighted by Crippen LogP contribution is -2.22. The molecule has 0 spiro atoms. The van der Waals surface area contributed by atoms with Crippen molar-refractivity contribution in [2.75, 3.05) is 13.7 Å². The van der Waals surface area contributed by atoms with Gasteiger partial charge in [0.05, 0.1) is 13.2 Å². The molecule has 3 heteroatoms. The summed E-state index contributed by atoms with van der Waals surface area (Å²) in [7, 11) is 1.54. The number of hydrogen-bond acceptors (Lipinski definition) is 2. The summed E-state index contributed by atoms with van der Waals surface area (Å²) in [5.41, 5.74) is 1.68. The summed E-state index contributed by atoms with van der Waals surface area (Å²) in [6.07, 6.45) is 0. The van der Waals surface area contributed by atoms with Crippen LogP contribution in [0, 0.1) is 5.82 Å². The SMILES string of the molecule is CCNC(c1ccccc1)c1ccc(OC)cc1F. The first-order valence-corrected chi connectivity index (χ1v) is 6.38. The predicted molar refractivity (Wildman–Crippen MR) is 74.9 cm³/mol. The van der Waals surface area contributed by atoms with Crippen molar-refractivity contribution in [3.8, 4) is 5.75 Å². The second-order valence-electron chi connectivity index (χ2n) is 4.29. The highest BCUT2D eigenvalue weighted by atomic mass is 19.1. The standard InChI is InChI=1S/C16H18FNO/c1-3-18-16(12-7-5-4-6-8-12)14-10-9-13(19-2)11-15(14)17/h4-11,16,18H,3H2,1-2H3. The van der Waals surface area contributed by atoms with Crippen LogP contribution in [0.4, 0.5) is 4.39 Å². The van der Waals surface area contributed by atoms with Gasteiger partial charge in [-0.3, -0.25) is 0 Å². The minimum atomic E-state index is -0.255. The van der Waals surface area contributed by atoms with Crippen LogP contribution < -0.4 is 10.1 Å². The van der Waals surface area contributed by atoms with Gasteiger partial charge in [-0.25, -0.2) is 4.39 Å². The molecule has 0 aliphatic heterocycles. The van der Waals surface area contributed by atoms with Crippen molar-refractivity contribution in [3.05, 3.63) is 65.5 Å². The number of hydrogen-bond donors (Lipinski definition) is 1. The molecule has 2 nitrogen and oxygen atoms in total. The molecule has 100 valence electrons. The smallest absolute Gasteiger partial charge is 0.132 e. The fraction of sp³-hybridized carbons (Fsp3) is 0.250. The van der Waals surface area contributed by atoms with Gasteiger partial charge in [0, 0.05) is 11.6 Å².